The monoisotopic (exact) mass is 275 g/mol. The van der Waals surface area contributed by atoms with Crippen LogP contribution in [-0.2, 0) is 6.54 Å². The van der Waals surface area contributed by atoms with E-state index in [4.69, 9.17) is 0 Å². The van der Waals surface area contributed by atoms with E-state index >= 15 is 0 Å². The van der Waals surface area contributed by atoms with E-state index in [1.165, 1.54) is 17.0 Å². The van der Waals surface area contributed by atoms with Gasteiger partial charge in [0.05, 0.1) is 6.54 Å². The predicted octanol–water partition coefficient (Wildman–Crippen LogP) is 3.50. The van der Waals surface area contributed by atoms with Crippen molar-refractivity contribution in [2.75, 3.05) is 0 Å². The Balaban J connectivity index is 2.19. The summed E-state index contributed by atoms with van der Waals surface area (Å²) in [4.78, 5) is 15.5. The Morgan fingerprint density at radius 1 is 1.26 bits per heavy atom. The van der Waals surface area contributed by atoms with Crippen molar-refractivity contribution in [2.45, 2.75) is 26.4 Å². The fraction of sp³-hybridized carbons (Fsp3) is 0.267. The molecule has 100 valence electrons. The molecule has 0 aliphatic heterocycles. The number of hydrogen-bond donors (Lipinski definition) is 1. The van der Waals surface area contributed by atoms with Crippen molar-refractivity contribution in [1.29, 1.82) is 0 Å². The fourth-order valence-corrected chi connectivity index (χ4v) is 2.53. The first kappa shape index (κ1) is 13.6. The molecule has 0 spiro atoms. The lowest BCUT2D eigenvalue weighted by molar-refractivity contribution is 0.0692. The molecule has 0 radical (unpaired) electrons. The number of phenols is 1. The number of phenolic OH excluding ortho intramolecular Hbond substituents is 1. The number of nitrogens with zero attached hydrogens (tertiary/aromatic N) is 1. The molecule has 1 N–H and O–H groups in total. The van der Waals surface area contributed by atoms with E-state index in [9.17, 15) is 9.90 Å². The summed E-state index contributed by atoms with van der Waals surface area (Å²) in [5.74, 6) is 0.161. The van der Waals surface area contributed by atoms with Gasteiger partial charge < -0.3 is 10.0 Å². The van der Waals surface area contributed by atoms with Crippen LogP contribution < -0.4 is 0 Å². The second kappa shape index (κ2) is 5.89. The Hall–Kier alpha value is -1.81. The smallest absolute Gasteiger partial charge is 0.254 e. The van der Waals surface area contributed by atoms with E-state index < -0.39 is 0 Å². The zero-order valence-electron chi connectivity index (χ0n) is 11.0. The number of rotatable bonds is 4. The Morgan fingerprint density at radius 3 is 2.47 bits per heavy atom. The number of amides is 1. The number of thiophene rings is 1. The normalized spacial score (nSPS) is 10.7. The molecule has 0 saturated carbocycles. The van der Waals surface area contributed by atoms with Gasteiger partial charge in [-0.2, -0.15) is 0 Å². The summed E-state index contributed by atoms with van der Waals surface area (Å²) in [6, 6.07) is 10.5. The molecule has 0 atom stereocenters. The summed E-state index contributed by atoms with van der Waals surface area (Å²) in [7, 11) is 0. The van der Waals surface area contributed by atoms with Crippen molar-refractivity contribution in [3.63, 3.8) is 0 Å². The summed E-state index contributed by atoms with van der Waals surface area (Å²) in [5.41, 5.74) is 0.600. The number of carbonyl (C=O) groups excluding carboxylic acids is 1. The van der Waals surface area contributed by atoms with Crippen LogP contribution in [0.4, 0.5) is 0 Å². The quantitative estimate of drug-likeness (QED) is 0.927. The SMILES string of the molecule is CC(C)N(Cc1cccs1)C(=O)c1ccc(O)cc1. The summed E-state index contributed by atoms with van der Waals surface area (Å²) < 4.78 is 0. The average molecular weight is 275 g/mol. The first-order chi connectivity index (χ1) is 9.08. The maximum atomic E-state index is 12.5. The molecule has 1 aromatic carbocycles. The topological polar surface area (TPSA) is 40.5 Å². The highest BCUT2D eigenvalue weighted by Gasteiger charge is 2.19. The van der Waals surface area contributed by atoms with Gasteiger partial charge in [-0.15, -0.1) is 11.3 Å². The average Bonchev–Trinajstić information content (AvgIpc) is 2.88. The minimum Gasteiger partial charge on any atom is -0.508 e. The summed E-state index contributed by atoms with van der Waals surface area (Å²) in [5, 5.41) is 11.3. The molecule has 0 saturated heterocycles. The highest BCUT2D eigenvalue weighted by molar-refractivity contribution is 7.09. The van der Waals surface area contributed by atoms with Gasteiger partial charge in [0.1, 0.15) is 5.75 Å². The van der Waals surface area contributed by atoms with Crippen molar-refractivity contribution in [2.24, 2.45) is 0 Å². The minimum absolute atomic E-state index is 0.0107. The van der Waals surface area contributed by atoms with Crippen LogP contribution in [0.15, 0.2) is 41.8 Å². The molecule has 0 bridgehead atoms. The number of aromatic hydroxyl groups is 1. The third-order valence-corrected chi connectivity index (χ3v) is 3.77. The van der Waals surface area contributed by atoms with E-state index in [1.54, 1.807) is 23.5 Å². The van der Waals surface area contributed by atoms with Gasteiger partial charge in [0.15, 0.2) is 0 Å². The van der Waals surface area contributed by atoms with Crippen molar-refractivity contribution < 1.29 is 9.90 Å². The highest BCUT2D eigenvalue weighted by atomic mass is 32.1. The summed E-state index contributed by atoms with van der Waals surface area (Å²) in [6.45, 7) is 4.63. The fourth-order valence-electron chi connectivity index (χ4n) is 1.83. The molecule has 19 heavy (non-hydrogen) atoms. The zero-order chi connectivity index (χ0) is 13.8. The molecule has 0 aliphatic rings. The van der Waals surface area contributed by atoms with E-state index in [2.05, 4.69) is 0 Å². The van der Waals surface area contributed by atoms with Gasteiger partial charge >= 0.3 is 0 Å². The van der Waals surface area contributed by atoms with Crippen LogP contribution in [-0.4, -0.2) is 22.0 Å². The molecule has 1 amide bonds. The van der Waals surface area contributed by atoms with Crippen molar-refractivity contribution in [3.8, 4) is 5.75 Å². The second-order valence-electron chi connectivity index (χ2n) is 4.65. The Labute approximate surface area is 117 Å². The third-order valence-electron chi connectivity index (χ3n) is 2.90. The summed E-state index contributed by atoms with van der Waals surface area (Å²) >= 11 is 1.65. The second-order valence-corrected chi connectivity index (χ2v) is 5.69. The Bertz CT molecular complexity index is 532. The molecule has 1 aromatic heterocycles. The van der Waals surface area contributed by atoms with Crippen molar-refractivity contribution >= 4 is 17.2 Å². The lowest BCUT2D eigenvalue weighted by atomic mass is 10.1. The van der Waals surface area contributed by atoms with Crippen molar-refractivity contribution in [3.05, 3.63) is 52.2 Å². The number of carbonyl (C=O) groups is 1. The first-order valence-electron chi connectivity index (χ1n) is 6.20. The van der Waals surface area contributed by atoms with Crippen LogP contribution in [0, 0.1) is 0 Å². The van der Waals surface area contributed by atoms with Gasteiger partial charge in [-0.3, -0.25) is 4.79 Å². The standard InChI is InChI=1S/C15H17NO2S/c1-11(2)16(10-14-4-3-9-19-14)15(18)12-5-7-13(17)8-6-12/h3-9,11,17H,10H2,1-2H3. The lowest BCUT2D eigenvalue weighted by Gasteiger charge is -2.26. The third kappa shape index (κ3) is 3.35. The zero-order valence-corrected chi connectivity index (χ0v) is 11.9. The predicted molar refractivity (Wildman–Crippen MR) is 77.4 cm³/mol. The van der Waals surface area contributed by atoms with Gasteiger partial charge in [0.2, 0.25) is 0 Å². The van der Waals surface area contributed by atoms with Gasteiger partial charge in [0, 0.05) is 16.5 Å². The van der Waals surface area contributed by atoms with Gasteiger partial charge in [-0.05, 0) is 49.6 Å². The van der Waals surface area contributed by atoms with Crippen LogP contribution in [0.2, 0.25) is 0 Å². The maximum Gasteiger partial charge on any atom is 0.254 e. The van der Waals surface area contributed by atoms with E-state index in [0.717, 1.165) is 0 Å². The van der Waals surface area contributed by atoms with Crippen LogP contribution in [0.25, 0.3) is 0 Å². The van der Waals surface area contributed by atoms with Gasteiger partial charge in [0.25, 0.3) is 5.91 Å². The van der Waals surface area contributed by atoms with Crippen LogP contribution in [0.5, 0.6) is 5.75 Å². The Morgan fingerprint density at radius 2 is 1.95 bits per heavy atom. The van der Waals surface area contributed by atoms with E-state index in [-0.39, 0.29) is 17.7 Å². The molecular weight excluding hydrogens is 258 g/mol. The van der Waals surface area contributed by atoms with Crippen LogP contribution >= 0.6 is 11.3 Å². The number of hydrogen-bond acceptors (Lipinski definition) is 3. The number of benzene rings is 1. The molecule has 0 aliphatic carbocycles. The Kier molecular flexibility index (Phi) is 4.22. The minimum atomic E-state index is -0.0107. The lowest BCUT2D eigenvalue weighted by Crippen LogP contribution is -2.36. The van der Waals surface area contributed by atoms with Crippen LogP contribution in [0.1, 0.15) is 29.1 Å². The van der Waals surface area contributed by atoms with E-state index in [1.807, 2.05) is 36.3 Å². The molecule has 3 nitrogen and oxygen atoms in total. The molecule has 1 heterocycles. The first-order valence-corrected chi connectivity index (χ1v) is 7.08. The highest BCUT2D eigenvalue weighted by Crippen LogP contribution is 2.18. The molecular formula is C15H17NO2S. The van der Waals surface area contributed by atoms with Crippen LogP contribution in [0.3, 0.4) is 0 Å². The maximum absolute atomic E-state index is 12.5. The van der Waals surface area contributed by atoms with Crippen molar-refractivity contribution in [1.82, 2.24) is 4.90 Å². The largest absolute Gasteiger partial charge is 0.508 e. The molecule has 2 aromatic rings. The summed E-state index contributed by atoms with van der Waals surface area (Å²) in [6.07, 6.45) is 0. The van der Waals surface area contributed by atoms with Gasteiger partial charge in [-0.1, -0.05) is 6.07 Å². The molecule has 0 fully saturated rings. The molecule has 2 rings (SSSR count). The molecule has 0 unspecified atom stereocenters. The van der Waals surface area contributed by atoms with E-state index in [0.29, 0.717) is 12.1 Å². The van der Waals surface area contributed by atoms with Gasteiger partial charge in [-0.25, -0.2) is 0 Å². The molecule has 4 heteroatoms.